The van der Waals surface area contributed by atoms with Crippen LogP contribution in [0.3, 0.4) is 0 Å². The molecule has 0 bridgehead atoms. The number of aliphatic hydroxyl groups is 1. The highest BCUT2D eigenvalue weighted by Crippen LogP contribution is 1.94. The molecule has 0 unspecified atom stereocenters. The molecule has 3 N–H and O–H groups in total. The first-order valence-corrected chi connectivity index (χ1v) is 2.84. The fourth-order valence-electron chi connectivity index (χ4n) is 0.208. The normalized spacial score (nSPS) is 11.5. The molecule has 0 aliphatic carbocycles. The van der Waals surface area contributed by atoms with Crippen molar-refractivity contribution in [1.29, 1.82) is 0 Å². The third-order valence-electron chi connectivity index (χ3n) is 0.457. The lowest BCUT2D eigenvalue weighted by atomic mass is 10.8. The molecule has 0 aromatic carbocycles. The molecule has 0 saturated carbocycles. The minimum absolute atomic E-state index is 0.208. The molecule has 0 atom stereocenters. The van der Waals surface area contributed by atoms with Crippen molar-refractivity contribution in [3.05, 3.63) is 12.5 Å². The lowest BCUT2D eigenvalue weighted by Gasteiger charge is -1.89. The van der Waals surface area contributed by atoms with Crippen LogP contribution >= 0.6 is 11.9 Å². The Morgan fingerprint density at radius 2 is 2.38 bits per heavy atom. The molecule has 0 radical (unpaired) electrons. The molecule has 0 rings (SSSR count). The van der Waals surface area contributed by atoms with E-state index >= 15 is 0 Å². The lowest BCUT2D eigenvalue weighted by molar-refractivity contribution is 0.410. The largest absolute Gasteiger partial charge is 0.494 e. The van der Waals surface area contributed by atoms with Crippen LogP contribution in [-0.2, 0) is 0 Å². The van der Waals surface area contributed by atoms with Crippen molar-refractivity contribution in [2.45, 2.75) is 6.92 Å². The smallest absolute Gasteiger partial charge is 0.203 e. The van der Waals surface area contributed by atoms with E-state index in [-0.39, 0.29) is 5.88 Å². The average Bonchev–Trinajstić information content (AvgIpc) is 1.65. The molecule has 4 heteroatoms. The van der Waals surface area contributed by atoms with Gasteiger partial charge in [-0.3, -0.25) is 5.14 Å². The van der Waals surface area contributed by atoms with Gasteiger partial charge in [-0.05, 0) is 25.5 Å². The number of hydrogen-bond acceptors (Lipinski definition) is 4. The van der Waals surface area contributed by atoms with E-state index in [0.29, 0.717) is 5.04 Å². The van der Waals surface area contributed by atoms with E-state index in [1.54, 1.807) is 6.92 Å². The third kappa shape index (κ3) is 3.70. The molecule has 3 nitrogen and oxygen atoms in total. The second kappa shape index (κ2) is 3.51. The molecular formula is C4H8N2OS. The van der Waals surface area contributed by atoms with Crippen molar-refractivity contribution in [3.8, 4) is 0 Å². The number of nitrogens with zero attached hydrogens (tertiary/aromatic N) is 1. The number of aliphatic imine (C=N–C) groups is 1. The number of hydrogen-bond donors (Lipinski definition) is 2. The summed E-state index contributed by atoms with van der Waals surface area (Å²) in [5, 5.41) is 14.1. The van der Waals surface area contributed by atoms with Gasteiger partial charge < -0.3 is 5.11 Å². The second-order valence-corrected chi connectivity index (χ2v) is 1.99. The zero-order chi connectivity index (χ0) is 6.57. The van der Waals surface area contributed by atoms with Crippen molar-refractivity contribution >= 4 is 17.0 Å². The van der Waals surface area contributed by atoms with Crippen molar-refractivity contribution in [2.24, 2.45) is 10.1 Å². The SMILES string of the molecule is C=C(O)/N=C(/C)SN. The van der Waals surface area contributed by atoms with E-state index in [1.165, 1.54) is 0 Å². The molecule has 0 aromatic heterocycles. The highest BCUT2D eigenvalue weighted by Gasteiger charge is 1.85. The maximum Gasteiger partial charge on any atom is 0.203 e. The van der Waals surface area contributed by atoms with Gasteiger partial charge in [-0.2, -0.15) is 0 Å². The fraction of sp³-hybridized carbons (Fsp3) is 0.250. The van der Waals surface area contributed by atoms with E-state index in [9.17, 15) is 0 Å². The van der Waals surface area contributed by atoms with E-state index in [1.807, 2.05) is 0 Å². The molecule has 0 aliphatic heterocycles. The van der Waals surface area contributed by atoms with E-state index < -0.39 is 0 Å². The van der Waals surface area contributed by atoms with E-state index in [0.717, 1.165) is 11.9 Å². The zero-order valence-electron chi connectivity index (χ0n) is 4.59. The Hall–Kier alpha value is -0.480. The lowest BCUT2D eigenvalue weighted by Crippen LogP contribution is -1.89. The molecule has 0 heterocycles. The molecule has 0 fully saturated rings. The maximum absolute atomic E-state index is 8.40. The summed E-state index contributed by atoms with van der Waals surface area (Å²) < 4.78 is 0. The summed E-state index contributed by atoms with van der Waals surface area (Å²) in [6, 6.07) is 0. The van der Waals surface area contributed by atoms with Gasteiger partial charge in [-0.25, -0.2) is 4.99 Å². The van der Waals surface area contributed by atoms with Gasteiger partial charge in [-0.1, -0.05) is 0 Å². The van der Waals surface area contributed by atoms with Crippen LogP contribution in [0.25, 0.3) is 0 Å². The average molecular weight is 132 g/mol. The Morgan fingerprint density at radius 1 is 1.88 bits per heavy atom. The van der Waals surface area contributed by atoms with Crippen LogP contribution in [0.1, 0.15) is 6.92 Å². The predicted octanol–water partition coefficient (Wildman–Crippen LogP) is 1.04. The van der Waals surface area contributed by atoms with Crippen molar-refractivity contribution < 1.29 is 5.11 Å². The van der Waals surface area contributed by atoms with Gasteiger partial charge in [0.15, 0.2) is 0 Å². The zero-order valence-corrected chi connectivity index (χ0v) is 5.40. The molecular weight excluding hydrogens is 124 g/mol. The molecule has 0 saturated heterocycles. The fourth-order valence-corrected chi connectivity index (χ4v) is 0.366. The third-order valence-corrected chi connectivity index (χ3v) is 0.889. The minimum atomic E-state index is -0.208. The minimum Gasteiger partial charge on any atom is -0.494 e. The summed E-state index contributed by atoms with van der Waals surface area (Å²) in [6.07, 6.45) is 0. The van der Waals surface area contributed by atoms with Gasteiger partial charge in [0.1, 0.15) is 0 Å². The monoisotopic (exact) mass is 132 g/mol. The van der Waals surface area contributed by atoms with Gasteiger partial charge in [0.25, 0.3) is 0 Å². The van der Waals surface area contributed by atoms with Gasteiger partial charge in [0, 0.05) is 0 Å². The van der Waals surface area contributed by atoms with Crippen LogP contribution in [0.15, 0.2) is 17.5 Å². The van der Waals surface area contributed by atoms with E-state index in [2.05, 4.69) is 11.6 Å². The Kier molecular flexibility index (Phi) is 3.30. The van der Waals surface area contributed by atoms with Gasteiger partial charge in [-0.15, -0.1) is 0 Å². The summed E-state index contributed by atoms with van der Waals surface area (Å²) in [5.74, 6) is -0.208. The Bertz CT molecular complexity index is 121. The van der Waals surface area contributed by atoms with Crippen LogP contribution < -0.4 is 5.14 Å². The molecule has 0 amide bonds. The van der Waals surface area contributed by atoms with Crippen LogP contribution in [0.2, 0.25) is 0 Å². The van der Waals surface area contributed by atoms with Crippen molar-refractivity contribution in [3.63, 3.8) is 0 Å². The summed E-state index contributed by atoms with van der Waals surface area (Å²) in [4.78, 5) is 3.51. The number of nitrogens with two attached hydrogens (primary N) is 1. The Balaban J connectivity index is 3.75. The maximum atomic E-state index is 8.40. The Labute approximate surface area is 52.4 Å². The highest BCUT2D eigenvalue weighted by atomic mass is 32.2. The first-order chi connectivity index (χ1) is 3.66. The summed E-state index contributed by atoms with van der Waals surface area (Å²) in [7, 11) is 0. The molecule has 0 aromatic rings. The standard InChI is InChI=1S/C4H8N2OS/c1-3(7)6-4(2)8-5/h7H,1,5H2,2H3/b6-4-. The summed E-state index contributed by atoms with van der Waals surface area (Å²) >= 11 is 0.982. The summed E-state index contributed by atoms with van der Waals surface area (Å²) in [5.41, 5.74) is 0. The van der Waals surface area contributed by atoms with Crippen LogP contribution in [0.5, 0.6) is 0 Å². The van der Waals surface area contributed by atoms with Gasteiger partial charge in [0.05, 0.1) is 5.04 Å². The highest BCUT2D eigenvalue weighted by molar-refractivity contribution is 8.11. The van der Waals surface area contributed by atoms with Crippen molar-refractivity contribution in [2.75, 3.05) is 0 Å². The first kappa shape index (κ1) is 7.52. The number of aliphatic hydroxyl groups excluding tert-OH is 1. The molecule has 46 valence electrons. The number of rotatable bonds is 1. The van der Waals surface area contributed by atoms with E-state index in [4.69, 9.17) is 10.2 Å². The van der Waals surface area contributed by atoms with Crippen LogP contribution in [0, 0.1) is 0 Å². The summed E-state index contributed by atoms with van der Waals surface area (Å²) in [6.45, 7) is 4.83. The van der Waals surface area contributed by atoms with Crippen molar-refractivity contribution in [1.82, 2.24) is 0 Å². The molecule has 8 heavy (non-hydrogen) atoms. The first-order valence-electron chi connectivity index (χ1n) is 1.96. The topological polar surface area (TPSA) is 58.6 Å². The quantitative estimate of drug-likeness (QED) is 0.242. The Morgan fingerprint density at radius 3 is 2.50 bits per heavy atom. The van der Waals surface area contributed by atoms with Crippen LogP contribution in [-0.4, -0.2) is 10.2 Å². The van der Waals surface area contributed by atoms with Crippen LogP contribution in [0.4, 0.5) is 0 Å². The predicted molar refractivity (Wildman–Crippen MR) is 36.7 cm³/mol. The van der Waals surface area contributed by atoms with Gasteiger partial charge >= 0.3 is 0 Å². The second-order valence-electron chi connectivity index (χ2n) is 1.16. The molecule has 0 aliphatic rings. The van der Waals surface area contributed by atoms with Gasteiger partial charge in [0.2, 0.25) is 5.88 Å². The molecule has 0 spiro atoms.